The van der Waals surface area contributed by atoms with Crippen molar-refractivity contribution in [3.05, 3.63) is 0 Å². The van der Waals surface area contributed by atoms with Crippen LogP contribution in [0.1, 0.15) is 8.22 Å². The first-order chi connectivity index (χ1) is 12.8. The first kappa shape index (κ1) is 12.8. The molecule has 136 valence electrons. The molecule has 0 aromatic heterocycles. The minimum absolute atomic E-state index is 1.67. The molecule has 0 saturated carbocycles. The van der Waals surface area contributed by atoms with Crippen LogP contribution in [0.4, 0.5) is 0 Å². The van der Waals surface area contributed by atoms with E-state index in [1.807, 2.05) is 0 Å². The van der Waals surface area contributed by atoms with Crippen LogP contribution in [0, 0.1) is 0 Å². The van der Waals surface area contributed by atoms with Crippen molar-refractivity contribution in [3.63, 3.8) is 0 Å². The minimum atomic E-state index is -3.20. The van der Waals surface area contributed by atoms with Gasteiger partial charge in [-0.25, -0.2) is 0 Å². The van der Waals surface area contributed by atoms with Crippen LogP contribution in [0.2, 0.25) is 0 Å². The first-order valence-electron chi connectivity index (χ1n) is 9.32. The summed E-state index contributed by atoms with van der Waals surface area (Å²) in [6.45, 7) is -3.15. The molecule has 3 unspecified atom stereocenters. The van der Waals surface area contributed by atoms with Gasteiger partial charge in [0.25, 0.3) is 0 Å². The molecule has 0 radical (unpaired) electrons. The number of hydrogen-bond acceptors (Lipinski definition) is 8. The molecular weight excluding hydrogens is 378 g/mol. The largest absolute Gasteiger partial charge is 0.394 e. The summed E-state index contributed by atoms with van der Waals surface area (Å²) in [4.78, 5) is 0. The Bertz CT molecular complexity index is 604. The van der Waals surface area contributed by atoms with Crippen molar-refractivity contribution in [3.8, 4) is 0 Å². The Hall–Kier alpha value is 0.550. The summed E-state index contributed by atoms with van der Waals surface area (Å²) in [7, 11) is 0. The summed E-state index contributed by atoms with van der Waals surface area (Å²) < 4.78 is 60.2. The second-order valence-corrected chi connectivity index (χ2v) is 5.85. The number of rotatable bonds is 5. The molecule has 2 heterocycles. The minimum Gasteiger partial charge on any atom is -0.394 e. The topological polar surface area (TPSA) is 129 Å². The van der Waals surface area contributed by atoms with E-state index in [2.05, 4.69) is 0 Å². The summed E-state index contributed by atoms with van der Waals surface area (Å²) in [6.07, 6.45) is -14.8. The number of hydrogen-bond donors (Lipinski definition) is 5. The molecule has 2 saturated heterocycles. The van der Waals surface area contributed by atoms with Gasteiger partial charge in [0.15, 0.2) is 6.29 Å². The van der Waals surface area contributed by atoms with Crippen molar-refractivity contribution < 1.29 is 48.0 Å². The Morgan fingerprint density at radius 1 is 1.09 bits per heavy atom. The van der Waals surface area contributed by atoms with Crippen LogP contribution >= 0.6 is 34.8 Å². The first-order valence-corrected chi connectivity index (χ1v) is 7.51. The molecule has 0 amide bonds. The quantitative estimate of drug-likeness (QED) is 0.345. The fourth-order valence-corrected chi connectivity index (χ4v) is 2.84. The maximum atomic E-state index is 10.3. The zero-order chi connectivity index (χ0) is 22.7. The van der Waals surface area contributed by atoms with E-state index in [1.165, 1.54) is 0 Å². The molecule has 0 aromatic rings. The van der Waals surface area contributed by atoms with Gasteiger partial charge in [-0.2, -0.15) is 0 Å². The van der Waals surface area contributed by atoms with Crippen LogP contribution in [-0.4, -0.2) is 97.8 Å². The fourth-order valence-electron chi connectivity index (χ4n) is 2.20. The lowest BCUT2D eigenvalue weighted by molar-refractivity contribution is -0.357. The van der Waals surface area contributed by atoms with Crippen molar-refractivity contribution in [2.24, 2.45) is 0 Å². The molecule has 5 N–H and O–H groups in total. The number of alkyl halides is 3. The van der Waals surface area contributed by atoms with Gasteiger partial charge < -0.3 is 39.7 Å². The van der Waals surface area contributed by atoms with Crippen LogP contribution in [0.3, 0.4) is 0 Å². The van der Waals surface area contributed by atoms with Crippen molar-refractivity contribution >= 4 is 34.8 Å². The predicted octanol–water partition coefficient (Wildman–Crippen LogP) is -1.66. The van der Waals surface area contributed by atoms with E-state index < -0.39 is 72.3 Å². The molecule has 0 spiro atoms. The Balaban J connectivity index is 2.43. The van der Waals surface area contributed by atoms with E-state index in [9.17, 15) is 25.5 Å². The van der Waals surface area contributed by atoms with Gasteiger partial charge in [-0.05, 0) is 0 Å². The van der Waals surface area contributed by atoms with Crippen molar-refractivity contribution in [1.82, 2.24) is 0 Å². The van der Waals surface area contributed by atoms with E-state index in [-0.39, 0.29) is 0 Å². The third-order valence-electron chi connectivity index (χ3n) is 3.51. The van der Waals surface area contributed by atoms with Crippen LogP contribution in [-0.2, 0) is 14.2 Å². The number of ether oxygens (including phenoxy) is 3. The Morgan fingerprint density at radius 3 is 2.22 bits per heavy atom. The standard InChI is InChI=1S/C12H19Cl3O8/c13-1-4-7(17)10(20)12(3-14,22-4)23-11-9(19)8(18)6(15)5(2-16)21-11/h4-11,16-20H,1-3H2/t4-,5?,6+,7+,8+,9?,10?,11+,12+/m1/s1/i1D2,2D2,3D2. The molecule has 2 rings (SSSR count). The molecule has 8 nitrogen and oxygen atoms in total. The molecule has 0 aliphatic carbocycles. The molecule has 2 aliphatic heterocycles. The predicted molar refractivity (Wildman–Crippen MR) is 79.5 cm³/mol. The average Bonchev–Trinajstić information content (AvgIpc) is 2.79. The Kier molecular flexibility index (Phi) is 4.37. The molecule has 0 bridgehead atoms. The second kappa shape index (κ2) is 7.84. The molecule has 23 heavy (non-hydrogen) atoms. The SMILES string of the molecule is [2H]C([2H])(O)C1O[C@@H](O[C@]2(C([2H])([2H])Cl)O[C@H](C([2H])([2H])Cl)[C@H](O)C2O)C(O)[C@@H](O)[C@H]1Cl. The van der Waals surface area contributed by atoms with Gasteiger partial charge in [0.1, 0.15) is 36.6 Å². The van der Waals surface area contributed by atoms with Gasteiger partial charge in [0, 0.05) is 5.48 Å². The van der Waals surface area contributed by atoms with E-state index in [4.69, 9.17) is 57.2 Å². The molecule has 2 fully saturated rings. The number of aliphatic hydroxyl groups excluding tert-OH is 4. The van der Waals surface area contributed by atoms with Gasteiger partial charge in [0.2, 0.25) is 5.79 Å². The Morgan fingerprint density at radius 2 is 1.74 bits per heavy atom. The normalized spacial score (nSPS) is 56.9. The molecular formula is C12H19Cl3O8. The Labute approximate surface area is 155 Å². The third kappa shape index (κ3) is 3.58. The lowest BCUT2D eigenvalue weighted by atomic mass is 10.0. The molecule has 2 aliphatic rings. The lowest BCUT2D eigenvalue weighted by Crippen LogP contribution is -2.61. The lowest BCUT2D eigenvalue weighted by Gasteiger charge is -2.43. The highest BCUT2D eigenvalue weighted by molar-refractivity contribution is 6.21. The number of halogens is 3. The zero-order valence-electron chi connectivity index (χ0n) is 17.2. The van der Waals surface area contributed by atoms with Crippen molar-refractivity contribution in [2.45, 2.75) is 54.1 Å². The summed E-state index contributed by atoms with van der Waals surface area (Å²) in [5, 5.41) is 48.5. The zero-order valence-corrected chi connectivity index (χ0v) is 13.5. The maximum absolute atomic E-state index is 10.3. The number of aliphatic hydroxyl groups is 5. The van der Waals surface area contributed by atoms with E-state index >= 15 is 0 Å². The highest BCUT2D eigenvalue weighted by Gasteiger charge is 2.58. The van der Waals surface area contributed by atoms with Gasteiger partial charge in [0.05, 0.1) is 26.3 Å². The van der Waals surface area contributed by atoms with Crippen molar-refractivity contribution in [1.29, 1.82) is 0 Å². The van der Waals surface area contributed by atoms with Crippen molar-refractivity contribution in [2.75, 3.05) is 18.2 Å². The second-order valence-electron chi connectivity index (χ2n) is 4.94. The van der Waals surface area contributed by atoms with Gasteiger partial charge in [-0.1, -0.05) is 0 Å². The van der Waals surface area contributed by atoms with Crippen LogP contribution in [0.5, 0.6) is 0 Å². The third-order valence-corrected chi connectivity index (χ3v) is 4.47. The van der Waals surface area contributed by atoms with Crippen LogP contribution in [0.15, 0.2) is 0 Å². The monoisotopic (exact) mass is 402 g/mol. The van der Waals surface area contributed by atoms with E-state index in [0.717, 1.165) is 0 Å². The summed E-state index contributed by atoms with van der Waals surface area (Å²) in [6, 6.07) is 0. The maximum Gasteiger partial charge on any atom is 0.214 e. The summed E-state index contributed by atoms with van der Waals surface area (Å²) >= 11 is 16.9. The van der Waals surface area contributed by atoms with E-state index in [0.29, 0.717) is 0 Å². The highest BCUT2D eigenvalue weighted by atomic mass is 35.5. The highest BCUT2D eigenvalue weighted by Crippen LogP contribution is 2.37. The van der Waals surface area contributed by atoms with Crippen LogP contribution < -0.4 is 0 Å². The molecule has 0 aromatic carbocycles. The van der Waals surface area contributed by atoms with Crippen LogP contribution in [0.25, 0.3) is 0 Å². The average molecular weight is 404 g/mol. The fraction of sp³-hybridized carbons (Fsp3) is 1.00. The summed E-state index contributed by atoms with van der Waals surface area (Å²) in [5.74, 6) is -9.13. The van der Waals surface area contributed by atoms with Gasteiger partial charge >= 0.3 is 0 Å². The summed E-state index contributed by atoms with van der Waals surface area (Å²) in [5.41, 5.74) is 0. The van der Waals surface area contributed by atoms with Gasteiger partial charge in [-0.15, -0.1) is 34.8 Å². The molecule has 11 heteroatoms. The van der Waals surface area contributed by atoms with E-state index in [1.54, 1.807) is 0 Å². The molecule has 9 atom stereocenters. The van der Waals surface area contributed by atoms with Gasteiger partial charge in [-0.3, -0.25) is 0 Å². The smallest absolute Gasteiger partial charge is 0.214 e.